The highest BCUT2D eigenvalue weighted by molar-refractivity contribution is 9.10. The molecule has 0 fully saturated rings. The van der Waals surface area contributed by atoms with Crippen molar-refractivity contribution in [1.82, 2.24) is 4.72 Å². The minimum atomic E-state index is -3.41. The Kier molecular flexibility index (Phi) is 6.50. The molecular weight excluding hydrogens is 382 g/mol. The minimum Gasteiger partial charge on any atom is -0.210 e. The molecule has 0 aromatic heterocycles. The summed E-state index contributed by atoms with van der Waals surface area (Å²) in [5, 5.41) is 0. The molecule has 0 amide bonds. The molecule has 0 aliphatic heterocycles. The van der Waals surface area contributed by atoms with Crippen LogP contribution >= 0.6 is 27.7 Å². The third-order valence-corrected chi connectivity index (χ3v) is 6.05. The van der Waals surface area contributed by atoms with E-state index in [1.165, 1.54) is 11.1 Å². The van der Waals surface area contributed by atoms with E-state index in [9.17, 15) is 8.42 Å². The second kappa shape index (κ2) is 8.15. The van der Waals surface area contributed by atoms with E-state index in [2.05, 4.69) is 45.8 Å². The van der Waals surface area contributed by atoms with Crippen LogP contribution < -0.4 is 4.72 Å². The third kappa shape index (κ3) is 5.43. The number of hydrogen-bond acceptors (Lipinski definition) is 3. The zero-order chi connectivity index (χ0) is 16.0. The van der Waals surface area contributed by atoms with E-state index in [-0.39, 0.29) is 0 Å². The molecule has 0 bridgehead atoms. The molecule has 2 rings (SSSR count). The lowest BCUT2D eigenvalue weighted by molar-refractivity contribution is 0.584. The smallest absolute Gasteiger partial charge is 0.210 e. The van der Waals surface area contributed by atoms with Crippen LogP contribution in [0.25, 0.3) is 0 Å². The lowest BCUT2D eigenvalue weighted by Gasteiger charge is -2.07. The number of nitrogens with one attached hydrogen (secondary N) is 1. The van der Waals surface area contributed by atoms with Gasteiger partial charge in [-0.3, -0.25) is 0 Å². The first kappa shape index (κ1) is 17.5. The van der Waals surface area contributed by atoms with Gasteiger partial charge in [-0.1, -0.05) is 45.8 Å². The normalized spacial score (nSPS) is 11.5. The van der Waals surface area contributed by atoms with Crippen molar-refractivity contribution in [3.63, 3.8) is 0 Å². The summed E-state index contributed by atoms with van der Waals surface area (Å²) < 4.78 is 27.7. The predicted molar refractivity (Wildman–Crippen MR) is 96.7 cm³/mol. The molecule has 0 radical (unpaired) electrons. The van der Waals surface area contributed by atoms with Gasteiger partial charge in [0.1, 0.15) is 0 Å². The lowest BCUT2D eigenvalue weighted by Crippen LogP contribution is -2.26. The number of aryl methyl sites for hydroxylation is 1. The highest BCUT2D eigenvalue weighted by Crippen LogP contribution is 2.15. The summed E-state index contributed by atoms with van der Waals surface area (Å²) in [5.41, 5.74) is 2.51. The number of halogens is 1. The van der Waals surface area contributed by atoms with E-state index in [0.717, 1.165) is 16.0 Å². The highest BCUT2D eigenvalue weighted by Gasteiger charge is 2.12. The number of benzene rings is 2. The SMILES string of the molecule is Cc1cccc(CSCCNS(=O)(=O)c2ccc(Br)cc2)c1. The number of sulfonamides is 1. The molecule has 1 N–H and O–H groups in total. The van der Waals surface area contributed by atoms with Crippen LogP contribution in [0.2, 0.25) is 0 Å². The summed E-state index contributed by atoms with van der Waals surface area (Å²) in [6.45, 7) is 2.50. The second-order valence-electron chi connectivity index (χ2n) is 4.89. The fourth-order valence-electron chi connectivity index (χ4n) is 1.94. The number of rotatable bonds is 7. The van der Waals surface area contributed by atoms with Gasteiger partial charge in [0.15, 0.2) is 0 Å². The summed E-state index contributed by atoms with van der Waals surface area (Å²) in [4.78, 5) is 0.291. The summed E-state index contributed by atoms with van der Waals surface area (Å²) in [6, 6.07) is 15.0. The topological polar surface area (TPSA) is 46.2 Å². The standard InChI is InChI=1S/C16H18BrNO2S2/c1-13-3-2-4-14(11-13)12-21-10-9-18-22(19,20)16-7-5-15(17)6-8-16/h2-8,11,18H,9-10,12H2,1H3. The van der Waals surface area contributed by atoms with Crippen LogP contribution in [0.4, 0.5) is 0 Å². The summed E-state index contributed by atoms with van der Waals surface area (Å²) >= 11 is 5.01. The van der Waals surface area contributed by atoms with Crippen molar-refractivity contribution in [1.29, 1.82) is 0 Å². The van der Waals surface area contributed by atoms with Gasteiger partial charge in [0.2, 0.25) is 10.0 Å². The Bertz CT molecular complexity index is 715. The Morgan fingerprint density at radius 1 is 1.14 bits per heavy atom. The second-order valence-corrected chi connectivity index (χ2v) is 8.68. The Hall–Kier alpha value is -0.820. The van der Waals surface area contributed by atoms with Gasteiger partial charge in [-0.25, -0.2) is 13.1 Å². The average molecular weight is 400 g/mol. The maximum absolute atomic E-state index is 12.1. The van der Waals surface area contributed by atoms with Crippen molar-refractivity contribution in [2.24, 2.45) is 0 Å². The first-order chi connectivity index (χ1) is 10.5. The van der Waals surface area contributed by atoms with Crippen LogP contribution in [-0.4, -0.2) is 20.7 Å². The van der Waals surface area contributed by atoms with Gasteiger partial charge in [0, 0.05) is 22.5 Å². The molecule has 0 aliphatic carbocycles. The first-order valence-corrected chi connectivity index (χ1v) is 10.3. The van der Waals surface area contributed by atoms with Crippen LogP contribution in [-0.2, 0) is 15.8 Å². The largest absolute Gasteiger partial charge is 0.240 e. The van der Waals surface area contributed by atoms with Gasteiger partial charge in [0.05, 0.1) is 4.90 Å². The highest BCUT2D eigenvalue weighted by atomic mass is 79.9. The van der Waals surface area contributed by atoms with Crippen LogP contribution in [0.5, 0.6) is 0 Å². The predicted octanol–water partition coefficient (Wildman–Crippen LogP) is 3.97. The van der Waals surface area contributed by atoms with Crippen molar-refractivity contribution in [2.45, 2.75) is 17.6 Å². The quantitative estimate of drug-likeness (QED) is 0.716. The Labute approximate surface area is 144 Å². The monoisotopic (exact) mass is 399 g/mol. The summed E-state index contributed by atoms with van der Waals surface area (Å²) in [7, 11) is -3.41. The Morgan fingerprint density at radius 3 is 2.55 bits per heavy atom. The Balaban J connectivity index is 1.77. The molecule has 6 heteroatoms. The van der Waals surface area contributed by atoms with E-state index < -0.39 is 10.0 Å². The zero-order valence-corrected chi connectivity index (χ0v) is 15.5. The molecule has 0 heterocycles. The number of thioether (sulfide) groups is 1. The zero-order valence-electron chi connectivity index (χ0n) is 12.3. The molecule has 118 valence electrons. The summed E-state index contributed by atoms with van der Waals surface area (Å²) in [6.07, 6.45) is 0. The van der Waals surface area contributed by atoms with Crippen LogP contribution in [0.3, 0.4) is 0 Å². The van der Waals surface area contributed by atoms with Gasteiger partial charge in [-0.05, 0) is 36.8 Å². The van der Waals surface area contributed by atoms with Gasteiger partial charge in [0.25, 0.3) is 0 Å². The van der Waals surface area contributed by atoms with E-state index in [1.807, 2.05) is 6.07 Å². The van der Waals surface area contributed by atoms with E-state index >= 15 is 0 Å². The molecule has 0 unspecified atom stereocenters. The molecule has 0 spiro atoms. The molecule has 0 saturated heterocycles. The molecule has 2 aromatic carbocycles. The molecule has 22 heavy (non-hydrogen) atoms. The van der Waals surface area contributed by atoms with Crippen molar-refractivity contribution in [3.8, 4) is 0 Å². The summed E-state index contributed by atoms with van der Waals surface area (Å²) in [5.74, 6) is 1.63. The van der Waals surface area contributed by atoms with Crippen molar-refractivity contribution in [2.75, 3.05) is 12.3 Å². The van der Waals surface area contributed by atoms with Gasteiger partial charge in [-0.2, -0.15) is 11.8 Å². The fraction of sp³-hybridized carbons (Fsp3) is 0.250. The van der Waals surface area contributed by atoms with Crippen LogP contribution in [0.15, 0.2) is 57.9 Å². The van der Waals surface area contributed by atoms with E-state index in [4.69, 9.17) is 0 Å². The van der Waals surface area contributed by atoms with Crippen LogP contribution in [0.1, 0.15) is 11.1 Å². The molecule has 0 saturated carbocycles. The van der Waals surface area contributed by atoms with E-state index in [1.54, 1.807) is 36.0 Å². The van der Waals surface area contributed by atoms with Gasteiger partial charge < -0.3 is 0 Å². The minimum absolute atomic E-state index is 0.291. The average Bonchev–Trinajstić information content (AvgIpc) is 2.47. The fourth-order valence-corrected chi connectivity index (χ4v) is 4.17. The molecular formula is C16H18BrNO2S2. The molecule has 3 nitrogen and oxygen atoms in total. The lowest BCUT2D eigenvalue weighted by atomic mass is 10.2. The van der Waals surface area contributed by atoms with Gasteiger partial charge >= 0.3 is 0 Å². The van der Waals surface area contributed by atoms with Crippen molar-refractivity contribution < 1.29 is 8.42 Å². The Morgan fingerprint density at radius 2 is 1.86 bits per heavy atom. The molecule has 0 aliphatic rings. The number of hydrogen-bond donors (Lipinski definition) is 1. The third-order valence-electron chi connectivity index (χ3n) is 3.01. The maximum Gasteiger partial charge on any atom is 0.240 e. The maximum atomic E-state index is 12.1. The van der Waals surface area contributed by atoms with E-state index in [0.29, 0.717) is 11.4 Å². The first-order valence-electron chi connectivity index (χ1n) is 6.86. The molecule has 0 atom stereocenters. The van der Waals surface area contributed by atoms with Crippen molar-refractivity contribution in [3.05, 3.63) is 64.1 Å². The van der Waals surface area contributed by atoms with Crippen LogP contribution in [0, 0.1) is 6.92 Å². The van der Waals surface area contributed by atoms with Gasteiger partial charge in [-0.15, -0.1) is 0 Å². The molecule has 2 aromatic rings. The van der Waals surface area contributed by atoms with Crippen molar-refractivity contribution >= 4 is 37.7 Å².